The second-order valence-electron chi connectivity index (χ2n) is 5.39. The molecule has 0 aliphatic heterocycles. The van der Waals surface area contributed by atoms with Crippen LogP contribution < -0.4 is 16.4 Å². The maximum Gasteiger partial charge on any atom is 0.273 e. The summed E-state index contributed by atoms with van der Waals surface area (Å²) in [6, 6.07) is 9.84. The minimum atomic E-state index is -0.364. The minimum absolute atomic E-state index is 0.0215. The molecule has 0 saturated heterocycles. The Morgan fingerprint density at radius 2 is 1.91 bits per heavy atom. The van der Waals surface area contributed by atoms with Crippen LogP contribution in [0.1, 0.15) is 39.6 Å². The summed E-state index contributed by atoms with van der Waals surface area (Å²) in [4.78, 5) is 24.4. The van der Waals surface area contributed by atoms with Crippen molar-refractivity contribution in [3.05, 3.63) is 46.5 Å². The van der Waals surface area contributed by atoms with Crippen molar-refractivity contribution in [3.8, 4) is 0 Å². The first-order valence-corrected chi connectivity index (χ1v) is 8.14. The molecule has 0 radical (unpaired) electrons. The van der Waals surface area contributed by atoms with Crippen LogP contribution in [-0.4, -0.2) is 28.8 Å². The first kappa shape index (κ1) is 17.0. The van der Waals surface area contributed by atoms with Gasteiger partial charge in [-0.2, -0.15) is 4.37 Å². The summed E-state index contributed by atoms with van der Waals surface area (Å²) in [5.41, 5.74) is 7.27. The van der Waals surface area contributed by atoms with Crippen molar-refractivity contribution in [1.82, 2.24) is 15.0 Å². The molecule has 2 aromatic rings. The lowest BCUT2D eigenvalue weighted by Crippen LogP contribution is -2.31. The number of hydrogen-bond donors (Lipinski definition) is 3. The van der Waals surface area contributed by atoms with Crippen molar-refractivity contribution < 1.29 is 9.59 Å². The highest BCUT2D eigenvalue weighted by Crippen LogP contribution is 2.21. The van der Waals surface area contributed by atoms with E-state index in [9.17, 15) is 9.59 Å². The second kappa shape index (κ2) is 7.73. The predicted molar refractivity (Wildman–Crippen MR) is 91.6 cm³/mol. The van der Waals surface area contributed by atoms with Gasteiger partial charge < -0.3 is 16.4 Å². The van der Waals surface area contributed by atoms with Crippen LogP contribution in [-0.2, 0) is 6.42 Å². The zero-order valence-corrected chi connectivity index (χ0v) is 13.9. The van der Waals surface area contributed by atoms with E-state index in [4.69, 9.17) is 5.73 Å². The quantitative estimate of drug-likeness (QED) is 0.752. The first-order chi connectivity index (χ1) is 11.0. The predicted octanol–water partition coefficient (Wildman–Crippen LogP) is 1.84. The molecular weight excluding hydrogens is 312 g/mol. The number of hydrogen-bond acceptors (Lipinski definition) is 5. The number of amides is 2. The first-order valence-electron chi connectivity index (χ1n) is 7.37. The molecule has 0 atom stereocenters. The van der Waals surface area contributed by atoms with E-state index in [0.717, 1.165) is 23.5 Å². The lowest BCUT2D eigenvalue weighted by Gasteiger charge is -2.07. The molecule has 1 heterocycles. The van der Waals surface area contributed by atoms with E-state index < -0.39 is 0 Å². The highest BCUT2D eigenvalue weighted by molar-refractivity contribution is 7.09. The van der Waals surface area contributed by atoms with Gasteiger partial charge in [0.05, 0.1) is 5.69 Å². The van der Waals surface area contributed by atoms with Gasteiger partial charge in [0.15, 0.2) is 5.69 Å². The topological polar surface area (TPSA) is 97.1 Å². The molecule has 0 saturated carbocycles. The van der Waals surface area contributed by atoms with Crippen molar-refractivity contribution in [2.75, 3.05) is 12.3 Å². The summed E-state index contributed by atoms with van der Waals surface area (Å²) in [5, 5.41) is 5.51. The second-order valence-corrected chi connectivity index (χ2v) is 6.17. The van der Waals surface area contributed by atoms with E-state index in [2.05, 4.69) is 15.0 Å². The number of carbonyl (C=O) groups is 2. The Hall–Kier alpha value is -2.41. The lowest BCUT2D eigenvalue weighted by atomic mass is 10.1. The zero-order valence-electron chi connectivity index (χ0n) is 13.1. The van der Waals surface area contributed by atoms with E-state index in [0.29, 0.717) is 6.54 Å². The number of carbonyl (C=O) groups excluding carboxylic acids is 2. The van der Waals surface area contributed by atoms with Crippen molar-refractivity contribution >= 4 is 29.0 Å². The fraction of sp³-hybridized carbons (Fsp3) is 0.312. The molecule has 122 valence electrons. The third kappa shape index (κ3) is 4.53. The molecule has 0 unspecified atom stereocenters. The van der Waals surface area contributed by atoms with E-state index in [-0.39, 0.29) is 34.1 Å². The van der Waals surface area contributed by atoms with Gasteiger partial charge in [-0.1, -0.05) is 30.3 Å². The Morgan fingerprint density at radius 3 is 2.57 bits per heavy atom. The summed E-state index contributed by atoms with van der Waals surface area (Å²) in [6.07, 6.45) is 0.728. The van der Waals surface area contributed by atoms with E-state index in [1.165, 1.54) is 0 Å². The molecule has 0 fully saturated rings. The van der Waals surface area contributed by atoms with Gasteiger partial charge in [0.25, 0.3) is 11.8 Å². The molecule has 7 heteroatoms. The number of nitrogen functional groups attached to an aromatic ring is 1. The molecule has 23 heavy (non-hydrogen) atoms. The summed E-state index contributed by atoms with van der Waals surface area (Å²) < 4.78 is 4.00. The van der Waals surface area contributed by atoms with Gasteiger partial charge in [-0.25, -0.2) is 0 Å². The molecule has 6 nitrogen and oxygen atoms in total. The van der Waals surface area contributed by atoms with Crippen LogP contribution in [0.3, 0.4) is 0 Å². The summed E-state index contributed by atoms with van der Waals surface area (Å²) in [5.74, 6) is -0.670. The van der Waals surface area contributed by atoms with Crippen molar-refractivity contribution in [2.45, 2.75) is 26.3 Å². The SMILES string of the molecule is CC(C)NC(=O)c1nsc(C(=O)NCCc2ccccc2)c1N. The molecule has 0 aliphatic rings. The molecule has 0 spiro atoms. The Morgan fingerprint density at radius 1 is 1.22 bits per heavy atom. The fourth-order valence-electron chi connectivity index (χ4n) is 2.00. The monoisotopic (exact) mass is 332 g/mol. The minimum Gasteiger partial charge on any atom is -0.395 e. The molecule has 4 N–H and O–H groups in total. The van der Waals surface area contributed by atoms with Crippen molar-refractivity contribution in [1.29, 1.82) is 0 Å². The average molecular weight is 332 g/mol. The van der Waals surface area contributed by atoms with Crippen LogP contribution in [0.15, 0.2) is 30.3 Å². The molecule has 1 aromatic heterocycles. The molecular formula is C16H20N4O2S. The number of benzene rings is 1. The summed E-state index contributed by atoms with van der Waals surface area (Å²) >= 11 is 0.938. The highest BCUT2D eigenvalue weighted by atomic mass is 32.1. The molecule has 0 bridgehead atoms. The van der Waals surface area contributed by atoms with Gasteiger partial charge in [0.1, 0.15) is 4.88 Å². The highest BCUT2D eigenvalue weighted by Gasteiger charge is 2.22. The van der Waals surface area contributed by atoms with Crippen molar-refractivity contribution in [3.63, 3.8) is 0 Å². The van der Waals surface area contributed by atoms with E-state index >= 15 is 0 Å². The van der Waals surface area contributed by atoms with Crippen molar-refractivity contribution in [2.24, 2.45) is 0 Å². The van der Waals surface area contributed by atoms with Crippen LogP contribution >= 0.6 is 11.5 Å². The normalized spacial score (nSPS) is 10.6. The van der Waals surface area contributed by atoms with Gasteiger partial charge in [-0.3, -0.25) is 9.59 Å². The maximum absolute atomic E-state index is 12.2. The average Bonchev–Trinajstić information content (AvgIpc) is 2.89. The lowest BCUT2D eigenvalue weighted by molar-refractivity contribution is 0.0939. The third-order valence-electron chi connectivity index (χ3n) is 3.11. The number of anilines is 1. The smallest absolute Gasteiger partial charge is 0.273 e. The van der Waals surface area contributed by atoms with Gasteiger partial charge in [0, 0.05) is 12.6 Å². The largest absolute Gasteiger partial charge is 0.395 e. The third-order valence-corrected chi connectivity index (χ3v) is 3.97. The maximum atomic E-state index is 12.2. The number of nitrogens with one attached hydrogen (secondary N) is 2. The fourth-order valence-corrected chi connectivity index (χ4v) is 2.71. The molecule has 0 aliphatic carbocycles. The molecule has 1 aromatic carbocycles. The summed E-state index contributed by atoms with van der Waals surface area (Å²) in [6.45, 7) is 4.18. The van der Waals surface area contributed by atoms with E-state index in [1.807, 2.05) is 44.2 Å². The van der Waals surface area contributed by atoms with Gasteiger partial charge in [0.2, 0.25) is 0 Å². The zero-order chi connectivity index (χ0) is 16.8. The summed E-state index contributed by atoms with van der Waals surface area (Å²) in [7, 11) is 0. The van der Waals surface area contributed by atoms with Crippen LogP contribution in [0.5, 0.6) is 0 Å². The van der Waals surface area contributed by atoms with Gasteiger partial charge in [-0.15, -0.1) is 0 Å². The Balaban J connectivity index is 1.95. The standard InChI is InChI=1S/C16H20N4O2S/c1-10(2)19-15(21)13-12(17)14(23-20-13)16(22)18-9-8-11-6-4-3-5-7-11/h3-7,10H,8-9,17H2,1-2H3,(H,18,22)(H,19,21). The van der Waals surface area contributed by atoms with Crippen LogP contribution in [0.4, 0.5) is 5.69 Å². The van der Waals surface area contributed by atoms with Gasteiger partial charge >= 0.3 is 0 Å². The number of aromatic nitrogens is 1. The number of nitrogens with zero attached hydrogens (tertiary/aromatic N) is 1. The van der Waals surface area contributed by atoms with E-state index in [1.54, 1.807) is 0 Å². The van der Waals surface area contributed by atoms with Crippen LogP contribution in [0.2, 0.25) is 0 Å². The Bertz CT molecular complexity index is 683. The van der Waals surface area contributed by atoms with Crippen LogP contribution in [0, 0.1) is 0 Å². The Kier molecular flexibility index (Phi) is 5.70. The number of nitrogens with two attached hydrogens (primary N) is 1. The Labute approximate surface area is 139 Å². The molecule has 2 amide bonds. The van der Waals surface area contributed by atoms with Crippen LogP contribution in [0.25, 0.3) is 0 Å². The molecule has 2 rings (SSSR count). The van der Waals surface area contributed by atoms with Gasteiger partial charge in [-0.05, 0) is 37.4 Å². The number of rotatable bonds is 6.